The number of benzene rings is 3. The van der Waals surface area contributed by atoms with E-state index in [0.717, 1.165) is 0 Å². The molecule has 1 amide bonds. The molecule has 0 aromatic heterocycles. The molecule has 4 rings (SSSR count). The van der Waals surface area contributed by atoms with E-state index in [1.54, 1.807) is 42.5 Å². The molecule has 0 fully saturated rings. The van der Waals surface area contributed by atoms with E-state index in [9.17, 15) is 20.0 Å². The first-order chi connectivity index (χ1) is 15.4. The molecule has 2 N–H and O–H groups in total. The van der Waals surface area contributed by atoms with Crippen molar-refractivity contribution >= 4 is 34.6 Å². The molecule has 0 spiro atoms. The van der Waals surface area contributed by atoms with E-state index in [2.05, 4.69) is 10.5 Å². The van der Waals surface area contributed by atoms with Gasteiger partial charge in [-0.2, -0.15) is 0 Å². The molecule has 1 atom stereocenters. The van der Waals surface area contributed by atoms with Gasteiger partial charge in [-0.3, -0.25) is 14.9 Å². The Kier molecular flexibility index (Phi) is 5.91. The minimum atomic E-state index is -0.954. The number of para-hydroxylation sites is 1. The maximum Gasteiger partial charge on any atom is 0.275 e. The number of aromatic hydroxyl groups is 1. The van der Waals surface area contributed by atoms with Crippen molar-refractivity contribution in [1.29, 1.82) is 0 Å². The van der Waals surface area contributed by atoms with E-state index >= 15 is 0 Å². The molecular weight excluding hydrogens is 438 g/mol. The van der Waals surface area contributed by atoms with Gasteiger partial charge in [-0.25, -0.2) is 0 Å². The van der Waals surface area contributed by atoms with Crippen molar-refractivity contribution < 1.29 is 24.4 Å². The van der Waals surface area contributed by atoms with Crippen LogP contribution in [-0.4, -0.2) is 27.8 Å². The van der Waals surface area contributed by atoms with Gasteiger partial charge >= 0.3 is 0 Å². The summed E-state index contributed by atoms with van der Waals surface area (Å²) in [7, 11) is 0. The van der Waals surface area contributed by atoms with Crippen LogP contribution in [0.4, 0.5) is 11.4 Å². The van der Waals surface area contributed by atoms with Crippen LogP contribution in [0.3, 0.4) is 0 Å². The van der Waals surface area contributed by atoms with Crippen molar-refractivity contribution in [2.45, 2.75) is 12.5 Å². The summed E-state index contributed by atoms with van der Waals surface area (Å²) in [6.07, 6.45) is -0.823. The number of nitrogens with one attached hydrogen (secondary N) is 1. The Bertz CT molecular complexity index is 1210. The first kappa shape index (κ1) is 21.1. The number of amides is 1. The minimum Gasteiger partial charge on any atom is -0.507 e. The Balaban J connectivity index is 1.49. The topological polar surface area (TPSA) is 123 Å². The number of carbonyl (C=O) groups excluding carboxylic acids is 1. The van der Waals surface area contributed by atoms with Gasteiger partial charge in [0.1, 0.15) is 17.2 Å². The van der Waals surface area contributed by atoms with Crippen LogP contribution in [0.15, 0.2) is 71.9 Å². The molecule has 0 unspecified atom stereocenters. The van der Waals surface area contributed by atoms with Crippen LogP contribution in [0.1, 0.15) is 12.0 Å². The molecule has 3 aromatic carbocycles. The van der Waals surface area contributed by atoms with Gasteiger partial charge in [0.25, 0.3) is 11.6 Å². The van der Waals surface area contributed by atoms with Gasteiger partial charge in [0, 0.05) is 29.1 Å². The number of anilines is 1. The molecule has 32 heavy (non-hydrogen) atoms. The SMILES string of the molecule is O=C(Nc1cc(Oc2ccc(Cl)cc2)cc([N+](=O)[O-])c1)[C@@H]1CC(c2ccccc2O)=NO1. The fourth-order valence-corrected chi connectivity index (χ4v) is 3.20. The van der Waals surface area contributed by atoms with Gasteiger partial charge in [0.2, 0.25) is 6.10 Å². The fourth-order valence-electron chi connectivity index (χ4n) is 3.08. The molecule has 1 aliphatic heterocycles. The fraction of sp³-hybridized carbons (Fsp3) is 0.0909. The number of ether oxygens (including phenoxy) is 1. The van der Waals surface area contributed by atoms with Crippen LogP contribution in [0.2, 0.25) is 5.02 Å². The van der Waals surface area contributed by atoms with Gasteiger partial charge in [0.15, 0.2) is 0 Å². The maximum absolute atomic E-state index is 12.7. The van der Waals surface area contributed by atoms with Crippen LogP contribution < -0.4 is 10.1 Å². The Labute approximate surface area is 187 Å². The van der Waals surface area contributed by atoms with Gasteiger partial charge in [-0.1, -0.05) is 28.9 Å². The molecule has 3 aromatic rings. The number of nitro benzene ring substituents is 1. The Morgan fingerprint density at radius 2 is 1.91 bits per heavy atom. The second-order valence-electron chi connectivity index (χ2n) is 6.87. The number of carbonyl (C=O) groups is 1. The lowest BCUT2D eigenvalue weighted by Crippen LogP contribution is -2.28. The van der Waals surface area contributed by atoms with E-state index in [4.69, 9.17) is 21.2 Å². The standard InChI is InChI=1S/C22H16ClN3O6/c23-13-5-7-16(8-6-13)31-17-10-14(9-15(11-17)26(29)30)24-22(28)21-12-19(25-32-21)18-3-1-2-4-20(18)27/h1-11,21,27H,12H2,(H,24,28)/t21-/m0/s1. The monoisotopic (exact) mass is 453 g/mol. The molecule has 0 saturated carbocycles. The van der Waals surface area contributed by atoms with E-state index in [1.165, 1.54) is 24.3 Å². The van der Waals surface area contributed by atoms with Crippen molar-refractivity contribution in [3.8, 4) is 17.2 Å². The number of oxime groups is 1. The number of phenolic OH excluding ortho intramolecular Hbond substituents is 1. The summed E-state index contributed by atoms with van der Waals surface area (Å²) in [6.45, 7) is 0. The summed E-state index contributed by atoms with van der Waals surface area (Å²) in [6, 6.07) is 17.0. The zero-order valence-corrected chi connectivity index (χ0v) is 17.2. The summed E-state index contributed by atoms with van der Waals surface area (Å²) in [4.78, 5) is 28.6. The average molecular weight is 454 g/mol. The minimum absolute atomic E-state index is 0.0265. The molecule has 1 aliphatic rings. The molecule has 0 saturated heterocycles. The highest BCUT2D eigenvalue weighted by Crippen LogP contribution is 2.31. The van der Waals surface area contributed by atoms with Crippen molar-refractivity contribution in [3.63, 3.8) is 0 Å². The highest BCUT2D eigenvalue weighted by atomic mass is 35.5. The molecule has 162 valence electrons. The second-order valence-corrected chi connectivity index (χ2v) is 7.31. The highest BCUT2D eigenvalue weighted by molar-refractivity contribution is 6.30. The van der Waals surface area contributed by atoms with Crippen molar-refractivity contribution in [2.24, 2.45) is 5.16 Å². The van der Waals surface area contributed by atoms with E-state index in [1.807, 2.05) is 0 Å². The predicted octanol–water partition coefficient (Wildman–Crippen LogP) is 4.88. The predicted molar refractivity (Wildman–Crippen MR) is 117 cm³/mol. The van der Waals surface area contributed by atoms with Crippen LogP contribution in [0.5, 0.6) is 17.2 Å². The number of hydrogen-bond acceptors (Lipinski definition) is 7. The zero-order valence-electron chi connectivity index (χ0n) is 16.4. The van der Waals surface area contributed by atoms with Crippen LogP contribution in [0, 0.1) is 10.1 Å². The first-order valence-corrected chi connectivity index (χ1v) is 9.81. The lowest BCUT2D eigenvalue weighted by atomic mass is 10.0. The molecule has 0 radical (unpaired) electrons. The van der Waals surface area contributed by atoms with Crippen molar-refractivity contribution in [3.05, 3.63) is 87.4 Å². The van der Waals surface area contributed by atoms with Crippen LogP contribution in [-0.2, 0) is 9.63 Å². The molecule has 9 nitrogen and oxygen atoms in total. The number of halogens is 1. The zero-order chi connectivity index (χ0) is 22.7. The Morgan fingerprint density at radius 3 is 2.62 bits per heavy atom. The number of rotatable bonds is 6. The van der Waals surface area contributed by atoms with Crippen molar-refractivity contribution in [1.82, 2.24) is 0 Å². The lowest BCUT2D eigenvalue weighted by molar-refractivity contribution is -0.384. The number of non-ortho nitro benzene ring substituents is 1. The number of nitrogens with zero attached hydrogens (tertiary/aromatic N) is 2. The quantitative estimate of drug-likeness (QED) is 0.405. The third kappa shape index (κ3) is 4.79. The molecule has 0 aliphatic carbocycles. The van der Waals surface area contributed by atoms with Crippen LogP contribution >= 0.6 is 11.6 Å². The normalized spacial score (nSPS) is 14.9. The second kappa shape index (κ2) is 8.94. The summed E-state index contributed by atoms with van der Waals surface area (Å²) in [5.74, 6) is 0.0676. The largest absolute Gasteiger partial charge is 0.507 e. The molecule has 1 heterocycles. The van der Waals surface area contributed by atoms with Crippen molar-refractivity contribution in [2.75, 3.05) is 5.32 Å². The Hall–Kier alpha value is -4.11. The van der Waals surface area contributed by atoms with Gasteiger partial charge in [-0.05, 0) is 36.4 Å². The smallest absolute Gasteiger partial charge is 0.275 e. The lowest BCUT2D eigenvalue weighted by Gasteiger charge is -2.12. The van der Waals surface area contributed by atoms with Gasteiger partial charge < -0.3 is 20.0 Å². The maximum atomic E-state index is 12.7. The van der Waals surface area contributed by atoms with E-state index in [0.29, 0.717) is 22.0 Å². The highest BCUT2D eigenvalue weighted by Gasteiger charge is 2.30. The summed E-state index contributed by atoms with van der Waals surface area (Å²) in [5.41, 5.74) is 0.795. The average Bonchev–Trinajstić information content (AvgIpc) is 3.26. The molecular formula is C22H16ClN3O6. The number of nitro groups is 1. The molecule has 10 heteroatoms. The third-order valence-electron chi connectivity index (χ3n) is 4.60. The van der Waals surface area contributed by atoms with Crippen LogP contribution in [0.25, 0.3) is 0 Å². The summed E-state index contributed by atoms with van der Waals surface area (Å²) >= 11 is 5.86. The number of phenols is 1. The third-order valence-corrected chi connectivity index (χ3v) is 4.85. The number of hydrogen-bond donors (Lipinski definition) is 2. The van der Waals surface area contributed by atoms with E-state index in [-0.39, 0.29) is 29.3 Å². The summed E-state index contributed by atoms with van der Waals surface area (Å²) in [5, 5.41) is 28.3. The summed E-state index contributed by atoms with van der Waals surface area (Å²) < 4.78 is 5.66. The van der Waals surface area contributed by atoms with Gasteiger partial charge in [0.05, 0.1) is 22.4 Å². The first-order valence-electron chi connectivity index (χ1n) is 9.44. The van der Waals surface area contributed by atoms with Gasteiger partial charge in [-0.15, -0.1) is 0 Å². The van der Waals surface area contributed by atoms with E-state index < -0.39 is 16.9 Å². The molecule has 0 bridgehead atoms. The Morgan fingerprint density at radius 1 is 1.16 bits per heavy atom.